The van der Waals surface area contributed by atoms with Gasteiger partial charge in [-0.15, -0.1) is 10.2 Å². The molecule has 21 heavy (non-hydrogen) atoms. The van der Waals surface area contributed by atoms with E-state index in [2.05, 4.69) is 31.1 Å². The first-order valence-electron chi connectivity index (χ1n) is 5.92. The van der Waals surface area contributed by atoms with Gasteiger partial charge in [-0.25, -0.2) is 9.78 Å². The van der Waals surface area contributed by atoms with Crippen molar-refractivity contribution in [3.63, 3.8) is 0 Å². The van der Waals surface area contributed by atoms with Gasteiger partial charge in [0.15, 0.2) is 0 Å². The lowest BCUT2D eigenvalue weighted by atomic mass is 10.1. The van der Waals surface area contributed by atoms with Crippen LogP contribution in [0.2, 0.25) is 0 Å². The number of benzene rings is 1. The van der Waals surface area contributed by atoms with E-state index in [4.69, 9.17) is 9.52 Å². The van der Waals surface area contributed by atoms with Crippen LogP contribution in [0.5, 0.6) is 0 Å². The minimum Gasteiger partial charge on any atom is -0.478 e. The third-order valence-corrected chi connectivity index (χ3v) is 3.21. The minimum atomic E-state index is -0.977. The van der Waals surface area contributed by atoms with Crippen molar-refractivity contribution in [2.75, 3.05) is 0 Å². The van der Waals surface area contributed by atoms with Crippen molar-refractivity contribution in [3.05, 3.63) is 52.8 Å². The summed E-state index contributed by atoms with van der Waals surface area (Å²) in [6.07, 6.45) is 1.63. The van der Waals surface area contributed by atoms with Gasteiger partial charge in [0, 0.05) is 17.3 Å². The topological polar surface area (TPSA) is 89.1 Å². The standard InChI is InChI=1S/C14H8BrN3O3/c15-11-7-10(5-6-16-11)13-18-17-12(21-13)8-1-3-9(4-2-8)14(19)20/h1-7H,(H,19,20). The van der Waals surface area contributed by atoms with Gasteiger partial charge < -0.3 is 9.52 Å². The normalized spacial score (nSPS) is 10.5. The van der Waals surface area contributed by atoms with Crippen LogP contribution in [0.4, 0.5) is 0 Å². The summed E-state index contributed by atoms with van der Waals surface area (Å²) in [6.45, 7) is 0. The SMILES string of the molecule is O=C(O)c1ccc(-c2nnc(-c3ccnc(Br)c3)o2)cc1. The van der Waals surface area contributed by atoms with Gasteiger partial charge in [0.25, 0.3) is 0 Å². The molecular formula is C14H8BrN3O3. The van der Waals surface area contributed by atoms with Crippen LogP contribution in [0.3, 0.4) is 0 Å². The molecule has 0 atom stereocenters. The van der Waals surface area contributed by atoms with Gasteiger partial charge in [-0.05, 0) is 52.3 Å². The van der Waals surface area contributed by atoms with Crippen molar-refractivity contribution in [2.24, 2.45) is 0 Å². The Labute approximate surface area is 127 Å². The molecule has 7 heteroatoms. The van der Waals surface area contributed by atoms with Gasteiger partial charge in [-0.1, -0.05) is 0 Å². The zero-order valence-electron chi connectivity index (χ0n) is 10.5. The van der Waals surface area contributed by atoms with Crippen LogP contribution < -0.4 is 0 Å². The van der Waals surface area contributed by atoms with Crippen molar-refractivity contribution < 1.29 is 14.3 Å². The number of aromatic nitrogens is 3. The molecule has 0 saturated carbocycles. The highest BCUT2D eigenvalue weighted by atomic mass is 79.9. The van der Waals surface area contributed by atoms with Crippen molar-refractivity contribution in [1.29, 1.82) is 0 Å². The molecule has 0 aliphatic heterocycles. The van der Waals surface area contributed by atoms with Crippen molar-refractivity contribution >= 4 is 21.9 Å². The quantitative estimate of drug-likeness (QED) is 0.732. The Balaban J connectivity index is 1.93. The maximum absolute atomic E-state index is 10.8. The molecule has 3 rings (SSSR count). The molecule has 0 aliphatic carbocycles. The van der Waals surface area contributed by atoms with Crippen LogP contribution in [0, 0.1) is 0 Å². The second-order valence-corrected chi connectivity index (χ2v) is 4.97. The number of pyridine rings is 1. The Morgan fingerprint density at radius 1 is 1.05 bits per heavy atom. The zero-order valence-corrected chi connectivity index (χ0v) is 12.1. The molecule has 6 nitrogen and oxygen atoms in total. The average molecular weight is 346 g/mol. The largest absolute Gasteiger partial charge is 0.478 e. The summed E-state index contributed by atoms with van der Waals surface area (Å²) in [5.74, 6) is -0.278. The van der Waals surface area contributed by atoms with Gasteiger partial charge in [0.05, 0.1) is 5.56 Å². The number of halogens is 1. The molecule has 0 aliphatic rings. The molecule has 0 saturated heterocycles. The summed E-state index contributed by atoms with van der Waals surface area (Å²) in [7, 11) is 0. The second-order valence-electron chi connectivity index (χ2n) is 4.16. The van der Waals surface area contributed by atoms with Crippen LogP contribution in [0.25, 0.3) is 22.9 Å². The number of carbonyl (C=O) groups is 1. The summed E-state index contributed by atoms with van der Waals surface area (Å²) in [5.41, 5.74) is 1.61. The van der Waals surface area contributed by atoms with E-state index in [1.165, 1.54) is 12.1 Å². The van der Waals surface area contributed by atoms with E-state index in [0.29, 0.717) is 21.9 Å². The smallest absolute Gasteiger partial charge is 0.335 e. The zero-order chi connectivity index (χ0) is 14.8. The predicted octanol–water partition coefficient (Wildman–Crippen LogP) is 3.26. The first-order valence-corrected chi connectivity index (χ1v) is 6.72. The van der Waals surface area contributed by atoms with E-state index >= 15 is 0 Å². The van der Waals surface area contributed by atoms with E-state index in [1.807, 2.05) is 0 Å². The Kier molecular flexibility index (Phi) is 3.49. The number of carboxylic acids is 1. The maximum atomic E-state index is 10.8. The van der Waals surface area contributed by atoms with E-state index in [-0.39, 0.29) is 5.56 Å². The van der Waals surface area contributed by atoms with Gasteiger partial charge >= 0.3 is 5.97 Å². The molecule has 2 aromatic heterocycles. The van der Waals surface area contributed by atoms with Crippen molar-refractivity contribution in [1.82, 2.24) is 15.2 Å². The fourth-order valence-electron chi connectivity index (χ4n) is 1.75. The Hall–Kier alpha value is -2.54. The van der Waals surface area contributed by atoms with Crippen LogP contribution in [-0.4, -0.2) is 26.3 Å². The van der Waals surface area contributed by atoms with Gasteiger partial charge in [-0.2, -0.15) is 0 Å². The number of aromatic carboxylic acids is 1. The number of hydrogen-bond donors (Lipinski definition) is 1. The molecular weight excluding hydrogens is 338 g/mol. The highest BCUT2D eigenvalue weighted by molar-refractivity contribution is 9.10. The summed E-state index contributed by atoms with van der Waals surface area (Å²) in [5, 5.41) is 16.8. The Bertz CT molecular complexity index is 799. The minimum absolute atomic E-state index is 0.205. The molecule has 2 heterocycles. The average Bonchev–Trinajstić information content (AvgIpc) is 2.97. The molecule has 0 spiro atoms. The summed E-state index contributed by atoms with van der Waals surface area (Å²) >= 11 is 3.28. The molecule has 1 N–H and O–H groups in total. The van der Waals surface area contributed by atoms with Crippen LogP contribution in [0.1, 0.15) is 10.4 Å². The number of rotatable bonds is 3. The summed E-state index contributed by atoms with van der Waals surface area (Å²) in [4.78, 5) is 14.8. The molecule has 0 radical (unpaired) electrons. The van der Waals surface area contributed by atoms with Crippen LogP contribution in [-0.2, 0) is 0 Å². The lowest BCUT2D eigenvalue weighted by Crippen LogP contribution is -1.94. The van der Waals surface area contributed by atoms with Gasteiger partial charge in [0.1, 0.15) is 4.60 Å². The number of hydrogen-bond acceptors (Lipinski definition) is 5. The lowest BCUT2D eigenvalue weighted by molar-refractivity contribution is 0.0697. The first-order chi connectivity index (χ1) is 10.1. The monoisotopic (exact) mass is 345 g/mol. The van der Waals surface area contributed by atoms with E-state index in [1.54, 1.807) is 30.5 Å². The third-order valence-electron chi connectivity index (χ3n) is 2.78. The number of nitrogens with zero attached hydrogens (tertiary/aromatic N) is 3. The highest BCUT2D eigenvalue weighted by Crippen LogP contribution is 2.25. The molecule has 3 aromatic rings. The fourth-order valence-corrected chi connectivity index (χ4v) is 2.11. The molecule has 0 amide bonds. The first kappa shape index (κ1) is 13.4. The molecule has 104 valence electrons. The van der Waals surface area contributed by atoms with E-state index < -0.39 is 5.97 Å². The summed E-state index contributed by atoms with van der Waals surface area (Å²) < 4.78 is 6.26. The van der Waals surface area contributed by atoms with E-state index in [0.717, 1.165) is 5.56 Å². The fraction of sp³-hybridized carbons (Fsp3) is 0. The third kappa shape index (κ3) is 2.82. The molecule has 1 aromatic carbocycles. The van der Waals surface area contributed by atoms with Crippen molar-refractivity contribution in [2.45, 2.75) is 0 Å². The Morgan fingerprint density at radius 3 is 2.33 bits per heavy atom. The lowest BCUT2D eigenvalue weighted by Gasteiger charge is -1.97. The second kappa shape index (κ2) is 5.45. The molecule has 0 fully saturated rings. The maximum Gasteiger partial charge on any atom is 0.335 e. The molecule has 0 unspecified atom stereocenters. The number of carboxylic acid groups (broad SMARTS) is 1. The Morgan fingerprint density at radius 2 is 1.71 bits per heavy atom. The molecule has 0 bridgehead atoms. The van der Waals surface area contributed by atoms with Gasteiger partial charge in [-0.3, -0.25) is 0 Å². The van der Waals surface area contributed by atoms with Crippen molar-refractivity contribution in [3.8, 4) is 22.9 Å². The van der Waals surface area contributed by atoms with Crippen LogP contribution in [0.15, 0.2) is 51.6 Å². The predicted molar refractivity (Wildman–Crippen MR) is 77.6 cm³/mol. The van der Waals surface area contributed by atoms with Gasteiger partial charge in [0.2, 0.25) is 11.8 Å². The van der Waals surface area contributed by atoms with Crippen LogP contribution >= 0.6 is 15.9 Å². The summed E-state index contributed by atoms with van der Waals surface area (Å²) in [6, 6.07) is 9.77. The van der Waals surface area contributed by atoms with E-state index in [9.17, 15) is 4.79 Å². The highest BCUT2D eigenvalue weighted by Gasteiger charge is 2.11.